The molecule has 0 aromatic heterocycles. The van der Waals surface area contributed by atoms with Crippen molar-refractivity contribution in [3.8, 4) is 5.75 Å². The van der Waals surface area contributed by atoms with Crippen LogP contribution >= 0.6 is 15.9 Å². The lowest BCUT2D eigenvalue weighted by atomic mass is 10.00. The summed E-state index contributed by atoms with van der Waals surface area (Å²) in [6.45, 7) is 5.75. The molecule has 1 nitrogen and oxygen atoms in total. The topological polar surface area (TPSA) is 9.23 Å². The van der Waals surface area contributed by atoms with Crippen LogP contribution in [-0.2, 0) is 0 Å². The summed E-state index contributed by atoms with van der Waals surface area (Å²) >= 11 is 3.35. The Balaban J connectivity index is 3.43. The number of methoxy groups -OCH3 is 1. The molecule has 0 N–H and O–H groups in total. The third-order valence-corrected chi connectivity index (χ3v) is 3.21. The van der Waals surface area contributed by atoms with Crippen molar-refractivity contribution < 1.29 is 9.13 Å². The fraction of sp³-hybridized carbons (Fsp3) is 0.455. The number of benzene rings is 1. The highest BCUT2D eigenvalue weighted by Crippen LogP contribution is 2.37. The van der Waals surface area contributed by atoms with E-state index in [0.717, 1.165) is 11.3 Å². The molecule has 78 valence electrons. The Bertz CT molecular complexity index is 348. The average Bonchev–Trinajstić information content (AvgIpc) is 2.13. The monoisotopic (exact) mass is 260 g/mol. The number of halogens is 2. The van der Waals surface area contributed by atoms with Crippen LogP contribution in [0.1, 0.15) is 30.9 Å². The van der Waals surface area contributed by atoms with E-state index in [1.165, 1.54) is 0 Å². The fourth-order valence-corrected chi connectivity index (χ4v) is 1.93. The van der Waals surface area contributed by atoms with E-state index in [0.29, 0.717) is 10.0 Å². The molecule has 1 aromatic rings. The molecule has 0 aliphatic heterocycles. The van der Waals surface area contributed by atoms with Crippen molar-refractivity contribution in [3.05, 3.63) is 27.5 Å². The fourth-order valence-electron chi connectivity index (χ4n) is 1.35. The lowest BCUT2D eigenvalue weighted by molar-refractivity contribution is 0.402. The summed E-state index contributed by atoms with van der Waals surface area (Å²) in [6, 6.07) is 1.55. The molecule has 0 amide bonds. The van der Waals surface area contributed by atoms with Gasteiger partial charge in [-0.3, -0.25) is 0 Å². The molecule has 0 heterocycles. The Morgan fingerprint density at radius 1 is 1.43 bits per heavy atom. The zero-order chi connectivity index (χ0) is 10.9. The summed E-state index contributed by atoms with van der Waals surface area (Å²) in [5.41, 5.74) is 1.48. The normalized spacial score (nSPS) is 10.8. The van der Waals surface area contributed by atoms with Gasteiger partial charge < -0.3 is 4.74 Å². The molecule has 0 unspecified atom stereocenters. The van der Waals surface area contributed by atoms with Gasteiger partial charge in [-0.25, -0.2) is 4.39 Å². The minimum Gasteiger partial charge on any atom is -0.495 e. The van der Waals surface area contributed by atoms with Crippen LogP contribution in [0.2, 0.25) is 0 Å². The first kappa shape index (κ1) is 11.5. The van der Waals surface area contributed by atoms with Crippen molar-refractivity contribution in [3.63, 3.8) is 0 Å². The van der Waals surface area contributed by atoms with Crippen molar-refractivity contribution in [2.45, 2.75) is 26.7 Å². The number of rotatable bonds is 2. The Hall–Kier alpha value is -0.570. The zero-order valence-electron chi connectivity index (χ0n) is 8.82. The summed E-state index contributed by atoms with van der Waals surface area (Å²) in [4.78, 5) is 0. The van der Waals surface area contributed by atoms with Crippen molar-refractivity contribution in [2.24, 2.45) is 0 Å². The maximum Gasteiger partial charge on any atom is 0.136 e. The summed E-state index contributed by atoms with van der Waals surface area (Å²) in [7, 11) is 1.60. The van der Waals surface area contributed by atoms with Crippen molar-refractivity contribution in [1.29, 1.82) is 0 Å². The van der Waals surface area contributed by atoms with Crippen molar-refractivity contribution in [2.75, 3.05) is 7.11 Å². The Kier molecular flexibility index (Phi) is 3.53. The molecule has 0 aliphatic rings. The van der Waals surface area contributed by atoms with Gasteiger partial charge in [-0.2, -0.15) is 0 Å². The predicted octanol–water partition coefficient (Wildman–Crippen LogP) is 4.03. The molecule has 0 bridgehead atoms. The molecule has 3 heteroatoms. The number of hydrogen-bond donors (Lipinski definition) is 0. The van der Waals surface area contributed by atoms with Gasteiger partial charge in [0.2, 0.25) is 0 Å². The Labute approximate surface area is 92.4 Å². The first-order chi connectivity index (χ1) is 6.49. The molecule has 0 atom stereocenters. The lowest BCUT2D eigenvalue weighted by Gasteiger charge is -2.15. The molecular formula is C11H14BrFO. The van der Waals surface area contributed by atoms with Crippen LogP contribution in [-0.4, -0.2) is 7.11 Å². The van der Waals surface area contributed by atoms with Gasteiger partial charge in [-0.1, -0.05) is 13.8 Å². The van der Waals surface area contributed by atoms with E-state index in [1.807, 2.05) is 13.8 Å². The summed E-state index contributed by atoms with van der Waals surface area (Å²) in [5, 5.41) is 0. The highest BCUT2D eigenvalue weighted by atomic mass is 79.9. The second-order valence-electron chi connectivity index (χ2n) is 3.57. The highest BCUT2D eigenvalue weighted by molar-refractivity contribution is 9.10. The van der Waals surface area contributed by atoms with E-state index in [2.05, 4.69) is 15.9 Å². The molecule has 1 aromatic carbocycles. The first-order valence-electron chi connectivity index (χ1n) is 4.51. The molecule has 0 fully saturated rings. The lowest BCUT2D eigenvalue weighted by Crippen LogP contribution is -1.99. The average molecular weight is 261 g/mol. The summed E-state index contributed by atoms with van der Waals surface area (Å²) in [6.07, 6.45) is 0. The van der Waals surface area contributed by atoms with Crippen LogP contribution in [0.15, 0.2) is 10.5 Å². The van der Waals surface area contributed by atoms with Crippen LogP contribution < -0.4 is 4.74 Å². The van der Waals surface area contributed by atoms with Crippen LogP contribution in [0.4, 0.5) is 4.39 Å². The molecule has 14 heavy (non-hydrogen) atoms. The van der Waals surface area contributed by atoms with Gasteiger partial charge >= 0.3 is 0 Å². The first-order valence-corrected chi connectivity index (χ1v) is 5.30. The van der Waals surface area contributed by atoms with Crippen LogP contribution in [0, 0.1) is 12.7 Å². The van der Waals surface area contributed by atoms with Gasteiger partial charge in [0.25, 0.3) is 0 Å². The number of ether oxygens (including phenoxy) is 1. The van der Waals surface area contributed by atoms with Gasteiger partial charge in [-0.05, 0) is 34.8 Å². The molecule has 0 spiro atoms. The van der Waals surface area contributed by atoms with Gasteiger partial charge in [0.1, 0.15) is 11.6 Å². The van der Waals surface area contributed by atoms with E-state index in [1.54, 1.807) is 20.1 Å². The van der Waals surface area contributed by atoms with Crippen molar-refractivity contribution >= 4 is 15.9 Å². The predicted molar refractivity (Wildman–Crippen MR) is 59.5 cm³/mol. The Morgan fingerprint density at radius 3 is 2.43 bits per heavy atom. The second-order valence-corrected chi connectivity index (χ2v) is 4.37. The van der Waals surface area contributed by atoms with E-state index >= 15 is 0 Å². The van der Waals surface area contributed by atoms with Crippen LogP contribution in [0.5, 0.6) is 5.75 Å². The summed E-state index contributed by atoms with van der Waals surface area (Å²) in [5.74, 6) is 0.789. The minimum absolute atomic E-state index is 0.193. The molecule has 0 saturated heterocycles. The second kappa shape index (κ2) is 4.30. The molecular weight excluding hydrogens is 247 g/mol. The molecule has 1 rings (SSSR count). The van der Waals surface area contributed by atoms with Gasteiger partial charge in [-0.15, -0.1) is 0 Å². The SMILES string of the molecule is COc1c(C(C)C)cc(F)c(C)c1Br. The van der Waals surface area contributed by atoms with Crippen LogP contribution in [0.3, 0.4) is 0 Å². The largest absolute Gasteiger partial charge is 0.495 e. The Morgan fingerprint density at radius 2 is 2.00 bits per heavy atom. The molecule has 0 aliphatic carbocycles. The maximum atomic E-state index is 13.4. The third-order valence-electron chi connectivity index (χ3n) is 2.26. The smallest absolute Gasteiger partial charge is 0.136 e. The van der Waals surface area contributed by atoms with E-state index in [9.17, 15) is 4.39 Å². The maximum absolute atomic E-state index is 13.4. The van der Waals surface area contributed by atoms with Crippen LogP contribution in [0.25, 0.3) is 0 Å². The van der Waals surface area contributed by atoms with Gasteiger partial charge in [0, 0.05) is 11.1 Å². The number of hydrogen-bond acceptors (Lipinski definition) is 1. The zero-order valence-corrected chi connectivity index (χ0v) is 10.4. The van der Waals surface area contributed by atoms with Crippen molar-refractivity contribution in [1.82, 2.24) is 0 Å². The van der Waals surface area contributed by atoms with E-state index < -0.39 is 0 Å². The standard InChI is InChI=1S/C11H14BrFO/c1-6(2)8-5-9(13)7(3)10(12)11(8)14-4/h5-6H,1-4H3. The van der Waals surface area contributed by atoms with E-state index in [-0.39, 0.29) is 11.7 Å². The molecule has 0 radical (unpaired) electrons. The third kappa shape index (κ3) is 1.92. The minimum atomic E-state index is -0.193. The molecule has 0 saturated carbocycles. The summed E-state index contributed by atoms with van der Waals surface area (Å²) < 4.78 is 19.4. The van der Waals surface area contributed by atoms with E-state index in [4.69, 9.17) is 4.74 Å². The van der Waals surface area contributed by atoms with Gasteiger partial charge in [0.05, 0.1) is 11.6 Å². The quantitative estimate of drug-likeness (QED) is 0.781. The van der Waals surface area contributed by atoms with Gasteiger partial charge in [0.15, 0.2) is 0 Å². The highest BCUT2D eigenvalue weighted by Gasteiger charge is 2.16.